The Labute approximate surface area is 194 Å². The van der Waals surface area contributed by atoms with Crippen molar-refractivity contribution in [3.05, 3.63) is 0 Å². The molecule has 1 fully saturated rings. The van der Waals surface area contributed by atoms with Crippen molar-refractivity contribution in [2.24, 2.45) is 5.92 Å². The van der Waals surface area contributed by atoms with Gasteiger partial charge in [0.05, 0.1) is 18.9 Å². The first-order valence-electron chi connectivity index (χ1n) is 9.58. The zero-order valence-corrected chi connectivity index (χ0v) is 18.3. The molecule has 1 saturated carbocycles. The fourth-order valence-corrected chi connectivity index (χ4v) is 3.24. The van der Waals surface area contributed by atoms with Crippen LogP contribution in [0.15, 0.2) is 0 Å². The lowest BCUT2D eigenvalue weighted by Crippen LogP contribution is -2.61. The molecule has 0 saturated heterocycles. The van der Waals surface area contributed by atoms with Crippen LogP contribution in [0.1, 0.15) is 38.5 Å². The minimum Gasteiger partial charge on any atom is -0.438 e. The van der Waals surface area contributed by atoms with Crippen LogP contribution < -0.4 is 0 Å². The average molecular weight is 578 g/mol. The molecule has 1 rings (SSSR count). The smallest absolute Gasteiger partial charge is 0.438 e. The van der Waals surface area contributed by atoms with E-state index in [1.807, 2.05) is 0 Å². The maximum Gasteiger partial charge on any atom is 0.468 e. The molecule has 212 valence electrons. The van der Waals surface area contributed by atoms with Gasteiger partial charge in [-0.1, -0.05) is 19.3 Å². The number of carbonyl (C=O) groups is 2. The van der Waals surface area contributed by atoms with Crippen LogP contribution in [0.4, 0.5) is 48.3 Å². The summed E-state index contributed by atoms with van der Waals surface area (Å²) in [7, 11) is -6.29. The lowest BCUT2D eigenvalue weighted by molar-refractivity contribution is -0.371. The molecule has 1 aliphatic carbocycles. The standard InChI is InChI=1S/C16H17F11O8S/c17-12(18,36(30,31)32)6-7-33-13(16(25,26)27,35-9(28)8-4-2-1-3-5-8)11(29)34-10(14(19,20)21)15(22,23)24/h8,10H,1-7H2,(H,30,31,32). The maximum atomic E-state index is 13.8. The molecule has 1 unspecified atom stereocenters. The zero-order valence-electron chi connectivity index (χ0n) is 17.5. The van der Waals surface area contributed by atoms with E-state index in [1.165, 1.54) is 0 Å². The number of alkyl halides is 11. The molecule has 0 bridgehead atoms. The van der Waals surface area contributed by atoms with Crippen LogP contribution in [0.25, 0.3) is 0 Å². The second-order valence-corrected chi connectivity index (χ2v) is 9.00. The fourth-order valence-electron chi connectivity index (χ4n) is 2.90. The van der Waals surface area contributed by atoms with Gasteiger partial charge in [0, 0.05) is 0 Å². The molecule has 0 aromatic rings. The monoisotopic (exact) mass is 578 g/mol. The highest BCUT2D eigenvalue weighted by atomic mass is 32.2. The van der Waals surface area contributed by atoms with Crippen LogP contribution >= 0.6 is 0 Å². The van der Waals surface area contributed by atoms with Gasteiger partial charge in [-0.2, -0.15) is 56.7 Å². The van der Waals surface area contributed by atoms with Crippen molar-refractivity contribution in [3.8, 4) is 0 Å². The molecule has 1 aliphatic rings. The zero-order chi connectivity index (χ0) is 28.4. The van der Waals surface area contributed by atoms with E-state index in [9.17, 15) is 66.3 Å². The van der Waals surface area contributed by atoms with E-state index in [2.05, 4.69) is 14.2 Å². The molecule has 0 aromatic carbocycles. The van der Waals surface area contributed by atoms with Crippen LogP contribution in [0, 0.1) is 5.92 Å². The summed E-state index contributed by atoms with van der Waals surface area (Å²) in [6, 6.07) is 0. The van der Waals surface area contributed by atoms with Crippen molar-refractivity contribution >= 4 is 22.1 Å². The van der Waals surface area contributed by atoms with Crippen molar-refractivity contribution in [1.29, 1.82) is 0 Å². The van der Waals surface area contributed by atoms with Gasteiger partial charge in [-0.05, 0) is 12.8 Å². The summed E-state index contributed by atoms with van der Waals surface area (Å²) in [5.41, 5.74) is 0. The predicted octanol–water partition coefficient (Wildman–Crippen LogP) is 4.29. The minimum atomic E-state index is -6.53. The molecular formula is C16H17F11O8S. The normalized spacial score (nSPS) is 18.6. The van der Waals surface area contributed by atoms with Gasteiger partial charge < -0.3 is 14.2 Å². The Morgan fingerprint density at radius 3 is 1.72 bits per heavy atom. The number of carbonyl (C=O) groups excluding carboxylic acids is 2. The molecule has 8 nitrogen and oxygen atoms in total. The van der Waals surface area contributed by atoms with Crippen molar-refractivity contribution in [2.45, 2.75) is 74.2 Å². The summed E-state index contributed by atoms with van der Waals surface area (Å²) in [5, 5.41) is -5.25. The number of esters is 2. The maximum absolute atomic E-state index is 13.8. The molecule has 0 spiro atoms. The molecule has 0 aromatic heterocycles. The van der Waals surface area contributed by atoms with E-state index in [-0.39, 0.29) is 25.7 Å². The van der Waals surface area contributed by atoms with E-state index in [0.29, 0.717) is 6.42 Å². The van der Waals surface area contributed by atoms with Gasteiger partial charge in [0.2, 0.25) is 0 Å². The third-order valence-corrected chi connectivity index (χ3v) is 5.68. The van der Waals surface area contributed by atoms with Gasteiger partial charge >= 0.3 is 51.6 Å². The van der Waals surface area contributed by atoms with Gasteiger partial charge in [0.25, 0.3) is 6.10 Å². The Morgan fingerprint density at radius 2 is 1.33 bits per heavy atom. The number of halogens is 11. The van der Waals surface area contributed by atoms with Gasteiger partial charge in [-0.3, -0.25) is 9.35 Å². The summed E-state index contributed by atoms with van der Waals surface area (Å²) >= 11 is 0. The molecule has 0 radical (unpaired) electrons. The summed E-state index contributed by atoms with van der Waals surface area (Å²) in [6.07, 6.45) is -26.6. The molecule has 1 atom stereocenters. The van der Waals surface area contributed by atoms with Gasteiger partial charge in [-0.25, -0.2) is 4.79 Å². The van der Waals surface area contributed by atoms with E-state index in [4.69, 9.17) is 4.55 Å². The van der Waals surface area contributed by atoms with Crippen molar-refractivity contribution in [2.75, 3.05) is 6.61 Å². The minimum absolute atomic E-state index is 0.170. The highest BCUT2D eigenvalue weighted by molar-refractivity contribution is 7.86. The largest absolute Gasteiger partial charge is 0.468 e. The Morgan fingerprint density at radius 1 is 0.861 bits per heavy atom. The van der Waals surface area contributed by atoms with Crippen molar-refractivity contribution in [3.63, 3.8) is 0 Å². The Balaban J connectivity index is 3.47. The Kier molecular flexibility index (Phi) is 9.62. The third kappa shape index (κ3) is 7.77. The summed E-state index contributed by atoms with van der Waals surface area (Å²) in [6.45, 7) is -2.29. The molecule has 36 heavy (non-hydrogen) atoms. The van der Waals surface area contributed by atoms with Crippen LogP contribution in [0.5, 0.6) is 0 Å². The van der Waals surface area contributed by atoms with E-state index < -0.39 is 76.7 Å². The number of hydrogen-bond donors (Lipinski definition) is 1. The molecule has 0 aliphatic heterocycles. The van der Waals surface area contributed by atoms with Gasteiger partial charge in [0.1, 0.15) is 0 Å². The average Bonchev–Trinajstić information content (AvgIpc) is 2.68. The third-order valence-electron chi connectivity index (χ3n) is 4.72. The second-order valence-electron chi connectivity index (χ2n) is 7.45. The molecule has 1 N–H and O–H groups in total. The van der Waals surface area contributed by atoms with Crippen LogP contribution in [-0.2, 0) is 33.9 Å². The van der Waals surface area contributed by atoms with Crippen LogP contribution in [0.3, 0.4) is 0 Å². The van der Waals surface area contributed by atoms with E-state index >= 15 is 0 Å². The van der Waals surface area contributed by atoms with Crippen molar-refractivity contribution < 1.29 is 85.1 Å². The predicted molar refractivity (Wildman–Crippen MR) is 90.5 cm³/mol. The summed E-state index contributed by atoms with van der Waals surface area (Å²) in [4.78, 5) is 24.3. The topological polar surface area (TPSA) is 116 Å². The second kappa shape index (κ2) is 10.8. The molecule has 0 heterocycles. The van der Waals surface area contributed by atoms with Crippen molar-refractivity contribution in [1.82, 2.24) is 0 Å². The number of hydrogen-bond acceptors (Lipinski definition) is 7. The van der Waals surface area contributed by atoms with Crippen LogP contribution in [0.2, 0.25) is 0 Å². The highest BCUT2D eigenvalue weighted by Crippen LogP contribution is 2.42. The molecular weight excluding hydrogens is 561 g/mol. The summed E-state index contributed by atoms with van der Waals surface area (Å²) in [5.74, 6) is -12.5. The van der Waals surface area contributed by atoms with Crippen LogP contribution in [-0.4, -0.2) is 67.2 Å². The van der Waals surface area contributed by atoms with Gasteiger partial charge in [0.15, 0.2) is 0 Å². The summed E-state index contributed by atoms with van der Waals surface area (Å²) < 4.78 is 185. The van der Waals surface area contributed by atoms with Gasteiger partial charge in [-0.15, -0.1) is 0 Å². The lowest BCUT2D eigenvalue weighted by atomic mass is 9.89. The lowest BCUT2D eigenvalue weighted by Gasteiger charge is -2.35. The first-order chi connectivity index (χ1) is 16.0. The number of rotatable bonds is 9. The van der Waals surface area contributed by atoms with E-state index in [1.54, 1.807) is 0 Å². The fraction of sp³-hybridized carbons (Fsp3) is 0.875. The Bertz CT molecular complexity index is 877. The quantitative estimate of drug-likeness (QED) is 0.187. The number of ether oxygens (including phenoxy) is 3. The Hall–Kier alpha value is -1.96. The van der Waals surface area contributed by atoms with E-state index in [0.717, 1.165) is 0 Å². The first-order valence-corrected chi connectivity index (χ1v) is 11.0. The molecule has 20 heteroatoms. The SMILES string of the molecule is O=C(OC(OCCC(F)(F)S(=O)(=O)O)(C(=O)OC(C(F)(F)F)C(F)(F)F)C(F)(F)F)C1CCCCC1. The first kappa shape index (κ1) is 32.1. The highest BCUT2D eigenvalue weighted by Gasteiger charge is 2.71. The molecule has 0 amide bonds.